The number of likely N-dealkylation sites (N-methyl/N-ethyl adjacent to an activating group) is 1. The third-order valence-corrected chi connectivity index (χ3v) is 6.10. The van der Waals surface area contributed by atoms with Crippen molar-refractivity contribution in [3.8, 4) is 11.4 Å². The number of ether oxygens (including phenoxy) is 1. The number of fused-ring (bicyclic) bond motifs is 1. The molecule has 0 saturated carbocycles. The van der Waals surface area contributed by atoms with Crippen LogP contribution in [0.3, 0.4) is 0 Å². The van der Waals surface area contributed by atoms with Crippen molar-refractivity contribution in [2.24, 2.45) is 0 Å². The van der Waals surface area contributed by atoms with Gasteiger partial charge < -0.3 is 25.2 Å². The van der Waals surface area contributed by atoms with Crippen molar-refractivity contribution in [2.75, 3.05) is 55.9 Å². The molecule has 9 nitrogen and oxygen atoms in total. The molecule has 5 rings (SSSR count). The molecule has 0 aliphatic carbocycles. The molecule has 1 atom stereocenters. The van der Waals surface area contributed by atoms with Crippen LogP contribution in [0.25, 0.3) is 16.9 Å². The van der Waals surface area contributed by atoms with Crippen molar-refractivity contribution in [2.45, 2.75) is 6.10 Å². The van der Waals surface area contributed by atoms with Gasteiger partial charge >= 0.3 is 6.03 Å². The van der Waals surface area contributed by atoms with E-state index >= 15 is 0 Å². The molecule has 0 radical (unpaired) electrons. The smallest absolute Gasteiger partial charge is 0.323 e. The minimum absolute atomic E-state index is 0.116. The van der Waals surface area contributed by atoms with Gasteiger partial charge in [-0.05, 0) is 68.7 Å². The fourth-order valence-corrected chi connectivity index (χ4v) is 4.46. The van der Waals surface area contributed by atoms with Crippen LogP contribution < -0.4 is 15.5 Å². The second-order valence-corrected chi connectivity index (χ2v) is 9.40. The van der Waals surface area contributed by atoms with Gasteiger partial charge in [-0.1, -0.05) is 17.7 Å². The molecule has 1 saturated heterocycles. The van der Waals surface area contributed by atoms with Gasteiger partial charge in [0.25, 0.3) is 0 Å². The van der Waals surface area contributed by atoms with E-state index in [1.54, 1.807) is 24.3 Å². The van der Waals surface area contributed by atoms with Crippen molar-refractivity contribution in [3.63, 3.8) is 0 Å². The second-order valence-electron chi connectivity index (χ2n) is 8.96. The van der Waals surface area contributed by atoms with Crippen LogP contribution in [0, 0.1) is 0 Å². The first kappa shape index (κ1) is 24.1. The Labute approximate surface area is 214 Å². The number of carbonyl (C=O) groups is 1. The molecule has 1 unspecified atom stereocenters. The highest BCUT2D eigenvalue weighted by molar-refractivity contribution is 6.30. The fourth-order valence-electron chi connectivity index (χ4n) is 4.27. The van der Waals surface area contributed by atoms with Crippen molar-refractivity contribution < 1.29 is 9.53 Å². The number of nitrogens with zero attached hydrogens (tertiary/aromatic N) is 5. The van der Waals surface area contributed by atoms with E-state index in [0.717, 1.165) is 36.5 Å². The number of amides is 2. The zero-order valence-corrected chi connectivity index (χ0v) is 20.9. The van der Waals surface area contributed by atoms with Crippen LogP contribution >= 0.6 is 11.6 Å². The quantitative estimate of drug-likeness (QED) is 0.402. The standard InChI is InChI=1S/C26H28ClN7O2/c1-32(2)16-22-17-33(13-14-36-22)25-23-7-4-12-34(23)31-24(30-25)18-8-10-20(11-9-18)28-26(35)29-21-6-3-5-19(27)15-21/h3-12,15,22H,13-14,16-17H2,1-2H3,(H2,28,29,35). The number of urea groups is 1. The van der Waals surface area contributed by atoms with Gasteiger partial charge in [-0.3, -0.25) is 0 Å². The molecule has 2 aromatic carbocycles. The van der Waals surface area contributed by atoms with Crippen molar-refractivity contribution in [3.05, 3.63) is 71.9 Å². The Bertz CT molecular complexity index is 1360. The summed E-state index contributed by atoms with van der Waals surface area (Å²) in [5.74, 6) is 1.50. The maximum Gasteiger partial charge on any atom is 0.323 e. The lowest BCUT2D eigenvalue weighted by atomic mass is 10.2. The monoisotopic (exact) mass is 505 g/mol. The van der Waals surface area contributed by atoms with E-state index in [2.05, 4.69) is 34.5 Å². The molecule has 1 aliphatic rings. The molecule has 1 fully saturated rings. The second kappa shape index (κ2) is 10.5. The Morgan fingerprint density at radius 3 is 2.69 bits per heavy atom. The summed E-state index contributed by atoms with van der Waals surface area (Å²) >= 11 is 5.98. The molecule has 36 heavy (non-hydrogen) atoms. The van der Waals surface area contributed by atoms with Crippen LogP contribution in [0.1, 0.15) is 0 Å². The van der Waals surface area contributed by atoms with Crippen LogP contribution in [0.5, 0.6) is 0 Å². The number of hydrogen-bond acceptors (Lipinski definition) is 6. The molecule has 186 valence electrons. The van der Waals surface area contributed by atoms with Crippen molar-refractivity contribution >= 4 is 40.3 Å². The summed E-state index contributed by atoms with van der Waals surface area (Å²) in [4.78, 5) is 21.7. The average Bonchev–Trinajstić information content (AvgIpc) is 3.32. The molecular formula is C26H28ClN7O2. The number of benzene rings is 2. The SMILES string of the molecule is CN(C)CC1CN(c2nc(-c3ccc(NC(=O)Nc4cccc(Cl)c4)cc3)nn3cccc23)CCO1. The Hall–Kier alpha value is -3.66. The first-order valence-corrected chi connectivity index (χ1v) is 12.1. The Morgan fingerprint density at radius 2 is 1.92 bits per heavy atom. The minimum Gasteiger partial charge on any atom is -0.373 e. The Kier molecular flexibility index (Phi) is 7.04. The lowest BCUT2D eigenvalue weighted by Gasteiger charge is -2.35. The first-order chi connectivity index (χ1) is 17.4. The summed E-state index contributed by atoms with van der Waals surface area (Å²) in [5, 5.41) is 10.9. The van der Waals surface area contributed by atoms with Crippen LogP contribution in [0.2, 0.25) is 5.02 Å². The van der Waals surface area contributed by atoms with E-state index in [0.29, 0.717) is 28.8 Å². The largest absolute Gasteiger partial charge is 0.373 e. The zero-order valence-electron chi connectivity index (χ0n) is 20.2. The van der Waals surface area contributed by atoms with Gasteiger partial charge in [0.1, 0.15) is 5.52 Å². The molecule has 1 aliphatic heterocycles. The highest BCUT2D eigenvalue weighted by Crippen LogP contribution is 2.26. The van der Waals surface area contributed by atoms with Gasteiger partial charge in [-0.2, -0.15) is 0 Å². The highest BCUT2D eigenvalue weighted by Gasteiger charge is 2.24. The summed E-state index contributed by atoms with van der Waals surface area (Å²) in [7, 11) is 4.10. The maximum atomic E-state index is 12.4. The highest BCUT2D eigenvalue weighted by atomic mass is 35.5. The predicted molar refractivity (Wildman–Crippen MR) is 143 cm³/mol. The Morgan fingerprint density at radius 1 is 1.11 bits per heavy atom. The number of aromatic nitrogens is 3. The molecule has 0 bridgehead atoms. The van der Waals surface area contributed by atoms with Crippen molar-refractivity contribution in [1.82, 2.24) is 19.5 Å². The number of morpholine rings is 1. The molecule has 2 aromatic heterocycles. The number of carbonyl (C=O) groups excluding carboxylic acids is 1. The van der Waals surface area contributed by atoms with Gasteiger partial charge in [-0.15, -0.1) is 5.10 Å². The molecule has 0 spiro atoms. The molecule has 3 heterocycles. The van der Waals surface area contributed by atoms with Crippen LogP contribution in [0.15, 0.2) is 66.9 Å². The van der Waals surface area contributed by atoms with Crippen LogP contribution in [0.4, 0.5) is 22.0 Å². The molecule has 2 amide bonds. The third kappa shape index (κ3) is 5.59. The lowest BCUT2D eigenvalue weighted by molar-refractivity contribution is 0.0246. The molecule has 4 aromatic rings. The number of rotatable bonds is 6. The summed E-state index contributed by atoms with van der Waals surface area (Å²) in [6, 6.07) is 18.1. The van der Waals surface area contributed by atoms with Gasteiger partial charge in [0, 0.05) is 47.8 Å². The topological polar surface area (TPSA) is 87.0 Å². The number of halogens is 1. The predicted octanol–water partition coefficient (Wildman–Crippen LogP) is 4.46. The van der Waals surface area contributed by atoms with Gasteiger partial charge in [-0.25, -0.2) is 14.3 Å². The normalized spacial score (nSPS) is 15.9. The van der Waals surface area contributed by atoms with E-state index in [1.165, 1.54) is 0 Å². The van der Waals surface area contributed by atoms with Crippen molar-refractivity contribution in [1.29, 1.82) is 0 Å². The van der Waals surface area contributed by atoms with E-state index in [4.69, 9.17) is 26.4 Å². The molecular weight excluding hydrogens is 478 g/mol. The first-order valence-electron chi connectivity index (χ1n) is 11.8. The minimum atomic E-state index is -0.350. The van der Waals surface area contributed by atoms with E-state index in [-0.39, 0.29) is 12.1 Å². The fraction of sp³-hybridized carbons (Fsp3) is 0.269. The Balaban J connectivity index is 1.34. The average molecular weight is 506 g/mol. The van der Waals surface area contributed by atoms with Gasteiger partial charge in [0.05, 0.1) is 12.7 Å². The third-order valence-electron chi connectivity index (χ3n) is 5.86. The van der Waals surface area contributed by atoms with Gasteiger partial charge in [0.15, 0.2) is 11.6 Å². The van der Waals surface area contributed by atoms with E-state index in [9.17, 15) is 4.79 Å². The zero-order chi connectivity index (χ0) is 25.1. The summed E-state index contributed by atoms with van der Waals surface area (Å²) in [6.07, 6.45) is 2.04. The van der Waals surface area contributed by atoms with E-state index in [1.807, 2.05) is 47.1 Å². The van der Waals surface area contributed by atoms with Gasteiger partial charge in [0.2, 0.25) is 0 Å². The summed E-state index contributed by atoms with van der Waals surface area (Å²) in [5.41, 5.74) is 3.08. The molecule has 2 N–H and O–H groups in total. The molecule has 10 heteroatoms. The lowest BCUT2D eigenvalue weighted by Crippen LogP contribution is -2.47. The van der Waals surface area contributed by atoms with Crippen LogP contribution in [-0.2, 0) is 4.74 Å². The number of anilines is 3. The number of nitrogens with one attached hydrogen (secondary N) is 2. The van der Waals surface area contributed by atoms with Crippen LogP contribution in [-0.4, -0.2) is 72.0 Å². The number of hydrogen-bond donors (Lipinski definition) is 2. The summed E-state index contributed by atoms with van der Waals surface area (Å²) in [6.45, 7) is 3.04. The maximum absolute atomic E-state index is 12.4. The summed E-state index contributed by atoms with van der Waals surface area (Å²) < 4.78 is 7.82. The van der Waals surface area contributed by atoms with E-state index < -0.39 is 0 Å².